The molecule has 0 aliphatic heterocycles. The Balaban J connectivity index is 2.71. The van der Waals surface area contributed by atoms with Crippen LogP contribution >= 0.6 is 15.9 Å². The summed E-state index contributed by atoms with van der Waals surface area (Å²) < 4.78 is 1.32. The van der Waals surface area contributed by atoms with E-state index in [1.807, 2.05) is 32.0 Å². The van der Waals surface area contributed by atoms with Crippen LogP contribution in [0.15, 0.2) is 29.1 Å². The van der Waals surface area contributed by atoms with Crippen molar-refractivity contribution in [3.8, 4) is 11.4 Å². The van der Waals surface area contributed by atoms with Crippen LogP contribution in [0.25, 0.3) is 5.69 Å². The molecular weight excluding hydrogens is 296 g/mol. The third kappa shape index (κ3) is 2.31. The third-order valence-corrected chi connectivity index (χ3v) is 3.24. The zero-order chi connectivity index (χ0) is 13.3. The minimum Gasteiger partial charge on any atom is -0.506 e. The van der Waals surface area contributed by atoms with Gasteiger partial charge in [-0.05, 0) is 31.0 Å². The summed E-state index contributed by atoms with van der Waals surface area (Å²) in [6.07, 6.45) is 0. The molecule has 1 N–H and O–H groups in total. The largest absolute Gasteiger partial charge is 0.506 e. The van der Waals surface area contributed by atoms with E-state index >= 15 is 0 Å². The summed E-state index contributed by atoms with van der Waals surface area (Å²) in [5.74, 6) is -0.0848. The fourth-order valence-corrected chi connectivity index (χ4v) is 2.10. The maximum Gasteiger partial charge on any atom is 0.275 e. The smallest absolute Gasteiger partial charge is 0.275 e. The van der Waals surface area contributed by atoms with E-state index in [0.717, 1.165) is 16.8 Å². The van der Waals surface area contributed by atoms with Crippen LogP contribution < -0.4 is 5.56 Å². The van der Waals surface area contributed by atoms with E-state index in [4.69, 9.17) is 0 Å². The molecule has 1 aromatic carbocycles. The van der Waals surface area contributed by atoms with Crippen LogP contribution in [0.1, 0.15) is 16.8 Å². The topological polar surface area (TPSA) is 55.1 Å². The first-order valence-electron chi connectivity index (χ1n) is 5.48. The van der Waals surface area contributed by atoms with Crippen LogP contribution in [0.5, 0.6) is 5.75 Å². The van der Waals surface area contributed by atoms with Gasteiger partial charge in [0.1, 0.15) is 11.4 Å². The van der Waals surface area contributed by atoms with Crippen molar-refractivity contribution < 1.29 is 5.11 Å². The van der Waals surface area contributed by atoms with E-state index in [1.54, 1.807) is 0 Å². The van der Waals surface area contributed by atoms with Crippen LogP contribution in [0, 0.1) is 13.8 Å². The fraction of sp³-hybridized carbons (Fsp3) is 0.231. The van der Waals surface area contributed by atoms with Crippen LogP contribution in [-0.2, 0) is 5.33 Å². The second-order valence-corrected chi connectivity index (χ2v) is 4.71. The van der Waals surface area contributed by atoms with Crippen molar-refractivity contribution in [1.82, 2.24) is 9.78 Å². The van der Waals surface area contributed by atoms with Crippen LogP contribution in [0.4, 0.5) is 0 Å². The van der Waals surface area contributed by atoms with Gasteiger partial charge in [0.2, 0.25) is 0 Å². The molecule has 0 unspecified atom stereocenters. The summed E-state index contributed by atoms with van der Waals surface area (Å²) >= 11 is 3.23. The molecule has 4 nitrogen and oxygen atoms in total. The van der Waals surface area contributed by atoms with Crippen molar-refractivity contribution in [2.75, 3.05) is 0 Å². The number of aryl methyl sites for hydroxylation is 2. The van der Waals surface area contributed by atoms with Crippen molar-refractivity contribution in [2.45, 2.75) is 19.2 Å². The number of aromatic hydroxyl groups is 1. The fourth-order valence-electron chi connectivity index (χ4n) is 1.70. The summed E-state index contributed by atoms with van der Waals surface area (Å²) in [5, 5.41) is 14.1. The zero-order valence-corrected chi connectivity index (χ0v) is 11.7. The Bertz CT molecular complexity index is 650. The molecule has 0 bridgehead atoms. The minimum absolute atomic E-state index is 0.0848. The summed E-state index contributed by atoms with van der Waals surface area (Å²) in [6, 6.07) is 7.01. The number of hydrogen-bond acceptors (Lipinski definition) is 3. The predicted octanol–water partition coefficient (Wildman–Crippen LogP) is 2.45. The molecule has 0 amide bonds. The second-order valence-electron chi connectivity index (χ2n) is 4.15. The van der Waals surface area contributed by atoms with E-state index in [0.29, 0.717) is 11.0 Å². The molecule has 94 valence electrons. The molecule has 0 saturated carbocycles. The number of alkyl halides is 1. The number of halogens is 1. The summed E-state index contributed by atoms with van der Waals surface area (Å²) in [4.78, 5) is 11.9. The molecule has 2 rings (SSSR count). The summed E-state index contributed by atoms with van der Waals surface area (Å²) in [5.41, 5.74) is 2.85. The van der Waals surface area contributed by atoms with Crippen molar-refractivity contribution in [3.63, 3.8) is 0 Å². The lowest BCUT2D eigenvalue weighted by Crippen LogP contribution is -2.22. The molecule has 1 aromatic heterocycles. The molecule has 0 radical (unpaired) electrons. The van der Waals surface area contributed by atoms with Gasteiger partial charge in [-0.15, -0.1) is 0 Å². The average molecular weight is 309 g/mol. The molecule has 0 atom stereocenters. The Kier molecular flexibility index (Phi) is 3.52. The first kappa shape index (κ1) is 12.8. The number of nitrogens with zero attached hydrogens (tertiary/aromatic N) is 2. The van der Waals surface area contributed by atoms with Gasteiger partial charge in [0.15, 0.2) is 0 Å². The Morgan fingerprint density at radius 3 is 2.72 bits per heavy atom. The quantitative estimate of drug-likeness (QED) is 0.867. The number of hydrogen-bond donors (Lipinski definition) is 1. The highest BCUT2D eigenvalue weighted by Gasteiger charge is 2.10. The number of rotatable bonds is 2. The van der Waals surface area contributed by atoms with Gasteiger partial charge in [-0.25, -0.2) is 0 Å². The summed E-state index contributed by atoms with van der Waals surface area (Å²) in [7, 11) is 0. The Morgan fingerprint density at radius 2 is 2.06 bits per heavy atom. The van der Waals surface area contributed by atoms with Crippen molar-refractivity contribution in [2.24, 2.45) is 0 Å². The Hall–Kier alpha value is -1.62. The van der Waals surface area contributed by atoms with Gasteiger partial charge in [-0.2, -0.15) is 9.78 Å². The molecule has 5 heteroatoms. The number of benzene rings is 1. The van der Waals surface area contributed by atoms with Crippen LogP contribution in [0.3, 0.4) is 0 Å². The van der Waals surface area contributed by atoms with Crippen LogP contribution in [0.2, 0.25) is 0 Å². The maximum absolute atomic E-state index is 11.9. The highest BCUT2D eigenvalue weighted by molar-refractivity contribution is 9.08. The molecule has 1 heterocycles. The first-order chi connectivity index (χ1) is 8.52. The minimum atomic E-state index is -0.342. The molecule has 0 aliphatic rings. The molecule has 18 heavy (non-hydrogen) atoms. The highest BCUT2D eigenvalue weighted by atomic mass is 79.9. The molecule has 0 aliphatic carbocycles. The third-order valence-electron chi connectivity index (χ3n) is 2.70. The molecule has 0 fully saturated rings. The van der Waals surface area contributed by atoms with Crippen molar-refractivity contribution in [1.29, 1.82) is 0 Å². The zero-order valence-electron chi connectivity index (χ0n) is 10.1. The van der Waals surface area contributed by atoms with E-state index in [2.05, 4.69) is 21.0 Å². The van der Waals surface area contributed by atoms with Gasteiger partial charge < -0.3 is 5.11 Å². The van der Waals surface area contributed by atoms with E-state index in [-0.39, 0.29) is 11.3 Å². The van der Waals surface area contributed by atoms with Gasteiger partial charge in [0.25, 0.3) is 5.56 Å². The van der Waals surface area contributed by atoms with E-state index in [1.165, 1.54) is 10.7 Å². The Labute approximate surface area is 113 Å². The average Bonchev–Trinajstić information content (AvgIpc) is 2.33. The van der Waals surface area contributed by atoms with E-state index < -0.39 is 0 Å². The van der Waals surface area contributed by atoms with Gasteiger partial charge in [-0.3, -0.25) is 4.79 Å². The van der Waals surface area contributed by atoms with Crippen LogP contribution in [-0.4, -0.2) is 14.9 Å². The molecule has 0 saturated heterocycles. The molecule has 0 spiro atoms. The maximum atomic E-state index is 11.9. The van der Waals surface area contributed by atoms with Gasteiger partial charge in [0.05, 0.1) is 11.0 Å². The lowest BCUT2D eigenvalue weighted by atomic mass is 10.1. The second kappa shape index (κ2) is 4.94. The standard InChI is InChI=1S/C13H13BrN2O2/c1-8-3-4-9(2)11(5-8)16-13(18)6-12(17)10(7-14)15-16/h3-6,17H,7H2,1-2H3. The van der Waals surface area contributed by atoms with Gasteiger partial charge in [0, 0.05) is 6.07 Å². The van der Waals surface area contributed by atoms with Crippen molar-refractivity contribution in [3.05, 3.63) is 51.4 Å². The van der Waals surface area contributed by atoms with Crippen molar-refractivity contribution >= 4 is 15.9 Å². The molecule has 2 aromatic rings. The predicted molar refractivity (Wildman–Crippen MR) is 73.6 cm³/mol. The first-order valence-corrected chi connectivity index (χ1v) is 6.61. The monoisotopic (exact) mass is 308 g/mol. The Morgan fingerprint density at radius 1 is 1.33 bits per heavy atom. The SMILES string of the molecule is Cc1ccc(C)c(-n2nc(CBr)c(O)cc2=O)c1. The van der Waals surface area contributed by atoms with E-state index in [9.17, 15) is 9.90 Å². The lowest BCUT2D eigenvalue weighted by Gasteiger charge is -2.10. The van der Waals surface area contributed by atoms with Gasteiger partial charge in [-0.1, -0.05) is 28.1 Å². The summed E-state index contributed by atoms with van der Waals surface area (Å²) in [6.45, 7) is 3.88. The molecular formula is C13H13BrN2O2. The normalized spacial score (nSPS) is 10.6. The highest BCUT2D eigenvalue weighted by Crippen LogP contribution is 2.17. The number of aromatic nitrogens is 2. The van der Waals surface area contributed by atoms with Gasteiger partial charge >= 0.3 is 0 Å². The lowest BCUT2D eigenvalue weighted by molar-refractivity contribution is 0.460.